The number of hydrogen-bond acceptors (Lipinski definition) is 1. The molecule has 0 saturated heterocycles. The van der Waals surface area contributed by atoms with Crippen LogP contribution < -0.4 is 0 Å². The molecule has 1 heteroatoms. The van der Waals surface area contributed by atoms with E-state index in [1.54, 1.807) is 0 Å². The molecule has 0 aliphatic rings. The van der Waals surface area contributed by atoms with Crippen LogP contribution >= 0.6 is 0 Å². The van der Waals surface area contributed by atoms with E-state index < -0.39 is 0 Å². The molecule has 0 N–H and O–H groups in total. The van der Waals surface area contributed by atoms with E-state index in [0.717, 1.165) is 5.69 Å². The van der Waals surface area contributed by atoms with Gasteiger partial charge >= 0.3 is 0 Å². The highest BCUT2D eigenvalue weighted by atomic mass is 14.7. The van der Waals surface area contributed by atoms with E-state index in [0.29, 0.717) is 0 Å². The second kappa shape index (κ2) is 4.02. The summed E-state index contributed by atoms with van der Waals surface area (Å²) in [4.78, 5) is 4.58. The third kappa shape index (κ3) is 1.70. The molecule has 82 valence electrons. The lowest BCUT2D eigenvalue weighted by atomic mass is 10.0. The molecule has 1 nitrogen and oxygen atoms in total. The first-order valence-corrected chi connectivity index (χ1v) is 5.76. The van der Waals surface area contributed by atoms with Crippen LogP contribution in [0.25, 0.3) is 22.0 Å². The zero-order valence-electron chi connectivity index (χ0n) is 9.72. The van der Waals surface area contributed by atoms with Crippen molar-refractivity contribution in [2.45, 2.75) is 6.92 Å². The van der Waals surface area contributed by atoms with E-state index in [4.69, 9.17) is 0 Å². The third-order valence-electron chi connectivity index (χ3n) is 3.10. The molecule has 17 heavy (non-hydrogen) atoms. The second-order valence-electron chi connectivity index (χ2n) is 4.19. The molecule has 0 saturated carbocycles. The SMILES string of the molecule is Cc1c(-c2ccccc2)ncc2ccccc12. The fourth-order valence-electron chi connectivity index (χ4n) is 2.20. The van der Waals surface area contributed by atoms with Gasteiger partial charge in [0.2, 0.25) is 0 Å². The first-order valence-electron chi connectivity index (χ1n) is 5.76. The Labute approximate surface area is 101 Å². The van der Waals surface area contributed by atoms with Gasteiger partial charge in [0.25, 0.3) is 0 Å². The Bertz CT molecular complexity index is 657. The van der Waals surface area contributed by atoms with Gasteiger partial charge in [-0.1, -0.05) is 54.6 Å². The monoisotopic (exact) mass is 219 g/mol. The van der Waals surface area contributed by atoms with Crippen molar-refractivity contribution >= 4 is 10.8 Å². The van der Waals surface area contributed by atoms with Crippen LogP contribution in [0.15, 0.2) is 60.8 Å². The molecule has 0 atom stereocenters. The summed E-state index contributed by atoms with van der Waals surface area (Å²) in [6.07, 6.45) is 1.95. The minimum absolute atomic E-state index is 1.07. The average molecular weight is 219 g/mol. The Balaban J connectivity index is 2.29. The molecule has 3 rings (SSSR count). The summed E-state index contributed by atoms with van der Waals surface area (Å²) in [5, 5.41) is 2.48. The van der Waals surface area contributed by atoms with E-state index in [2.05, 4.69) is 42.2 Å². The lowest BCUT2D eigenvalue weighted by molar-refractivity contribution is 1.31. The smallest absolute Gasteiger partial charge is 0.0737 e. The van der Waals surface area contributed by atoms with Crippen molar-refractivity contribution in [3.8, 4) is 11.3 Å². The second-order valence-corrected chi connectivity index (χ2v) is 4.19. The Hall–Kier alpha value is -2.15. The normalized spacial score (nSPS) is 10.6. The molecule has 0 aliphatic heterocycles. The Morgan fingerprint density at radius 2 is 1.53 bits per heavy atom. The highest BCUT2D eigenvalue weighted by molar-refractivity contribution is 5.89. The summed E-state index contributed by atoms with van der Waals surface area (Å²) >= 11 is 0. The molecule has 3 aromatic rings. The van der Waals surface area contributed by atoms with Crippen molar-refractivity contribution in [3.63, 3.8) is 0 Å². The van der Waals surface area contributed by atoms with E-state index >= 15 is 0 Å². The summed E-state index contributed by atoms with van der Waals surface area (Å²) in [6, 6.07) is 18.7. The zero-order valence-corrected chi connectivity index (χ0v) is 9.72. The van der Waals surface area contributed by atoms with Crippen LogP contribution in [0.4, 0.5) is 0 Å². The van der Waals surface area contributed by atoms with Crippen molar-refractivity contribution in [2.75, 3.05) is 0 Å². The number of benzene rings is 2. The maximum absolute atomic E-state index is 4.58. The van der Waals surface area contributed by atoms with E-state index in [1.165, 1.54) is 21.9 Å². The molecule has 0 amide bonds. The summed E-state index contributed by atoms with van der Waals surface area (Å²) in [7, 11) is 0. The highest BCUT2D eigenvalue weighted by Gasteiger charge is 2.06. The van der Waals surface area contributed by atoms with Gasteiger partial charge in [0, 0.05) is 17.1 Å². The number of aromatic nitrogens is 1. The first-order chi connectivity index (χ1) is 8.36. The molecular formula is C16H13N. The van der Waals surface area contributed by atoms with Crippen LogP contribution in [0.3, 0.4) is 0 Å². The number of aryl methyl sites for hydroxylation is 1. The Morgan fingerprint density at radius 3 is 2.35 bits per heavy atom. The van der Waals surface area contributed by atoms with Crippen molar-refractivity contribution in [1.82, 2.24) is 4.98 Å². The van der Waals surface area contributed by atoms with Gasteiger partial charge in [-0.05, 0) is 17.9 Å². The molecule has 1 aromatic heterocycles. The van der Waals surface area contributed by atoms with Crippen molar-refractivity contribution < 1.29 is 0 Å². The van der Waals surface area contributed by atoms with Gasteiger partial charge in [0.15, 0.2) is 0 Å². The van der Waals surface area contributed by atoms with E-state index in [1.807, 2.05) is 30.5 Å². The summed E-state index contributed by atoms with van der Waals surface area (Å²) in [6.45, 7) is 2.14. The molecule has 0 radical (unpaired) electrons. The Kier molecular flexibility index (Phi) is 2.37. The van der Waals surface area contributed by atoms with Gasteiger partial charge in [-0.3, -0.25) is 4.98 Å². The Morgan fingerprint density at radius 1 is 0.824 bits per heavy atom. The molecule has 0 unspecified atom stereocenters. The molecule has 1 heterocycles. The molecule has 0 aliphatic carbocycles. The minimum Gasteiger partial charge on any atom is -0.255 e. The van der Waals surface area contributed by atoms with Crippen molar-refractivity contribution in [1.29, 1.82) is 0 Å². The van der Waals surface area contributed by atoms with Crippen LogP contribution in [0.1, 0.15) is 5.56 Å². The lowest BCUT2D eigenvalue weighted by Gasteiger charge is -2.08. The van der Waals surface area contributed by atoms with Gasteiger partial charge < -0.3 is 0 Å². The van der Waals surface area contributed by atoms with Gasteiger partial charge in [0.05, 0.1) is 5.69 Å². The van der Waals surface area contributed by atoms with Crippen LogP contribution in [0.5, 0.6) is 0 Å². The van der Waals surface area contributed by atoms with E-state index in [9.17, 15) is 0 Å². The third-order valence-corrected chi connectivity index (χ3v) is 3.10. The van der Waals surface area contributed by atoms with Gasteiger partial charge in [-0.15, -0.1) is 0 Å². The molecular weight excluding hydrogens is 206 g/mol. The van der Waals surface area contributed by atoms with E-state index in [-0.39, 0.29) is 0 Å². The number of nitrogens with zero attached hydrogens (tertiary/aromatic N) is 1. The average Bonchev–Trinajstić information content (AvgIpc) is 2.40. The highest BCUT2D eigenvalue weighted by Crippen LogP contribution is 2.26. The molecule has 0 spiro atoms. The van der Waals surface area contributed by atoms with Crippen LogP contribution in [-0.2, 0) is 0 Å². The predicted octanol–water partition coefficient (Wildman–Crippen LogP) is 4.21. The predicted molar refractivity (Wildman–Crippen MR) is 71.9 cm³/mol. The topological polar surface area (TPSA) is 12.9 Å². The lowest BCUT2D eigenvalue weighted by Crippen LogP contribution is -1.89. The van der Waals surface area contributed by atoms with Crippen molar-refractivity contribution in [2.24, 2.45) is 0 Å². The molecule has 2 aromatic carbocycles. The fourth-order valence-corrected chi connectivity index (χ4v) is 2.20. The summed E-state index contributed by atoms with van der Waals surface area (Å²) in [5.41, 5.74) is 3.49. The minimum atomic E-state index is 1.07. The maximum atomic E-state index is 4.58. The fraction of sp³-hybridized carbons (Fsp3) is 0.0625. The van der Waals surface area contributed by atoms with Gasteiger partial charge in [0.1, 0.15) is 0 Å². The standard InChI is InChI=1S/C16H13N/c1-12-15-10-6-5-9-14(15)11-17-16(12)13-7-3-2-4-8-13/h2-11H,1H3. The molecule has 0 bridgehead atoms. The van der Waals surface area contributed by atoms with Gasteiger partial charge in [-0.2, -0.15) is 0 Å². The summed E-state index contributed by atoms with van der Waals surface area (Å²) < 4.78 is 0. The van der Waals surface area contributed by atoms with Gasteiger partial charge in [-0.25, -0.2) is 0 Å². The summed E-state index contributed by atoms with van der Waals surface area (Å²) in [5.74, 6) is 0. The zero-order chi connectivity index (χ0) is 11.7. The van der Waals surface area contributed by atoms with Crippen LogP contribution in [-0.4, -0.2) is 4.98 Å². The van der Waals surface area contributed by atoms with Crippen LogP contribution in [0.2, 0.25) is 0 Å². The number of fused-ring (bicyclic) bond motifs is 1. The largest absolute Gasteiger partial charge is 0.255 e. The number of hydrogen-bond donors (Lipinski definition) is 0. The number of rotatable bonds is 1. The maximum Gasteiger partial charge on any atom is 0.0737 e. The number of pyridine rings is 1. The first kappa shape index (κ1) is 10.0. The van der Waals surface area contributed by atoms with Crippen LogP contribution in [0, 0.1) is 6.92 Å². The molecule has 0 fully saturated rings. The quantitative estimate of drug-likeness (QED) is 0.597. The van der Waals surface area contributed by atoms with Crippen molar-refractivity contribution in [3.05, 3.63) is 66.4 Å².